The van der Waals surface area contributed by atoms with Crippen LogP contribution in [0, 0.1) is 10.1 Å². The van der Waals surface area contributed by atoms with E-state index in [2.05, 4.69) is 4.99 Å². The number of nitrogens with zero attached hydrogens (tertiary/aromatic N) is 2. The minimum Gasteiger partial charge on any atom is -0.442 e. The van der Waals surface area contributed by atoms with Gasteiger partial charge in [0.15, 0.2) is 5.88 Å². The summed E-state index contributed by atoms with van der Waals surface area (Å²) in [6.45, 7) is 9.14. The molecule has 2 N–H and O–H groups in total. The minimum atomic E-state index is -0.769. The monoisotopic (exact) mass is 371 g/mol. The first-order chi connectivity index (χ1) is 11.6. The van der Waals surface area contributed by atoms with E-state index in [1.54, 1.807) is 20.8 Å². The summed E-state index contributed by atoms with van der Waals surface area (Å²) in [5, 5.41) is 10.6. The lowest BCUT2D eigenvalue weighted by molar-refractivity contribution is -0.384. The summed E-state index contributed by atoms with van der Waals surface area (Å²) in [6.07, 6.45) is 1.57. The van der Waals surface area contributed by atoms with Crippen molar-refractivity contribution in [2.45, 2.75) is 40.2 Å². The smallest absolute Gasteiger partial charge is 0.434 e. The highest BCUT2D eigenvalue weighted by molar-refractivity contribution is 6.32. The Balaban J connectivity index is 0.00000277. The first-order valence-electron chi connectivity index (χ1n) is 7.43. The molecule has 0 aromatic heterocycles. The van der Waals surface area contributed by atoms with Gasteiger partial charge in [-0.15, -0.1) is 0 Å². The molecular formula is C16H22ClN3O5. The fourth-order valence-corrected chi connectivity index (χ4v) is 1.52. The molecule has 1 amide bonds. The third-order valence-corrected chi connectivity index (χ3v) is 2.46. The Hall–Kier alpha value is -2.61. The lowest BCUT2D eigenvalue weighted by Gasteiger charge is -2.16. The number of ether oxygens (including phenoxy) is 2. The molecule has 1 rings (SSSR count). The van der Waals surface area contributed by atoms with Gasteiger partial charge in [-0.1, -0.05) is 25.4 Å². The molecule has 0 atom stereocenters. The normalized spacial score (nSPS) is 11.5. The highest BCUT2D eigenvalue weighted by Gasteiger charge is 2.14. The zero-order chi connectivity index (χ0) is 19.6. The molecule has 0 aliphatic heterocycles. The molecule has 25 heavy (non-hydrogen) atoms. The van der Waals surface area contributed by atoms with Gasteiger partial charge in [0.25, 0.3) is 5.69 Å². The molecule has 0 spiro atoms. The van der Waals surface area contributed by atoms with Crippen molar-refractivity contribution >= 4 is 29.6 Å². The fourth-order valence-electron chi connectivity index (χ4n) is 1.31. The van der Waals surface area contributed by atoms with Crippen LogP contribution in [0.1, 0.15) is 34.6 Å². The van der Waals surface area contributed by atoms with Gasteiger partial charge in [0.05, 0.1) is 9.95 Å². The molecule has 0 bridgehead atoms. The molecule has 0 saturated carbocycles. The third-order valence-electron chi connectivity index (χ3n) is 2.17. The van der Waals surface area contributed by atoms with Gasteiger partial charge in [0, 0.05) is 24.4 Å². The van der Waals surface area contributed by atoms with E-state index in [0.29, 0.717) is 0 Å². The van der Waals surface area contributed by atoms with Crippen LogP contribution in [-0.4, -0.2) is 22.8 Å². The molecule has 138 valence electrons. The Morgan fingerprint density at radius 1 is 1.36 bits per heavy atom. The number of hydrogen-bond acceptors (Lipinski definition) is 6. The van der Waals surface area contributed by atoms with Crippen LogP contribution in [0.5, 0.6) is 5.75 Å². The predicted molar refractivity (Wildman–Crippen MR) is 97.1 cm³/mol. The summed E-state index contributed by atoms with van der Waals surface area (Å²) in [7, 11) is 0. The SMILES string of the molecule is CC.CC(C)(C)OC(=O)/N=C/C=C(\N)Oc1ccc([N+](=O)[O-])cc1Cl. The lowest BCUT2D eigenvalue weighted by atomic mass is 10.2. The van der Waals surface area contributed by atoms with Gasteiger partial charge >= 0.3 is 6.09 Å². The molecule has 0 heterocycles. The van der Waals surface area contributed by atoms with Crippen molar-refractivity contribution in [2.75, 3.05) is 0 Å². The molecule has 8 nitrogen and oxygen atoms in total. The number of nitrogens with two attached hydrogens (primary N) is 1. The average Bonchev–Trinajstić information content (AvgIpc) is 2.49. The molecule has 0 aliphatic rings. The molecule has 0 unspecified atom stereocenters. The molecule has 1 aromatic rings. The van der Waals surface area contributed by atoms with Crippen molar-refractivity contribution in [1.82, 2.24) is 0 Å². The average molecular weight is 372 g/mol. The van der Waals surface area contributed by atoms with Crippen molar-refractivity contribution in [3.05, 3.63) is 45.3 Å². The maximum absolute atomic E-state index is 11.3. The maximum Gasteiger partial charge on any atom is 0.434 e. The number of amides is 1. The second kappa shape index (κ2) is 10.3. The quantitative estimate of drug-likeness (QED) is 0.361. The van der Waals surface area contributed by atoms with Crippen molar-refractivity contribution in [3.63, 3.8) is 0 Å². The van der Waals surface area contributed by atoms with Gasteiger partial charge in [0.2, 0.25) is 0 Å². The summed E-state index contributed by atoms with van der Waals surface area (Å²) in [5.41, 5.74) is 4.77. The van der Waals surface area contributed by atoms with Crippen LogP contribution in [0.25, 0.3) is 0 Å². The standard InChI is InChI=1S/C14H16ClN3O5.C2H6/c1-14(2,3)23-13(19)17-7-6-12(16)22-11-5-4-9(18(20)21)8-10(11)15;1-2/h4-8H,16H2,1-3H3;1-2H3/b12-6+,17-7+;. The summed E-state index contributed by atoms with van der Waals surface area (Å²) in [5.74, 6) is 0.0322. The van der Waals surface area contributed by atoms with Crippen LogP contribution in [0.3, 0.4) is 0 Å². The zero-order valence-electron chi connectivity index (χ0n) is 14.8. The fraction of sp³-hybridized carbons (Fsp3) is 0.375. The van der Waals surface area contributed by atoms with Gasteiger partial charge in [0.1, 0.15) is 11.4 Å². The summed E-state index contributed by atoms with van der Waals surface area (Å²) in [6, 6.07) is 3.68. The van der Waals surface area contributed by atoms with Crippen LogP contribution in [-0.2, 0) is 4.74 Å². The number of carbonyl (C=O) groups excluding carboxylic acids is 1. The van der Waals surface area contributed by atoms with Crippen LogP contribution in [0.15, 0.2) is 35.2 Å². The number of nitro benzene ring substituents is 1. The van der Waals surface area contributed by atoms with E-state index >= 15 is 0 Å². The van der Waals surface area contributed by atoms with Crippen molar-refractivity contribution in [2.24, 2.45) is 10.7 Å². The number of nitro groups is 1. The number of benzene rings is 1. The van der Waals surface area contributed by atoms with Gasteiger partial charge < -0.3 is 15.2 Å². The van der Waals surface area contributed by atoms with E-state index in [0.717, 1.165) is 12.3 Å². The molecule has 0 fully saturated rings. The first kappa shape index (κ1) is 22.4. The topological polar surface area (TPSA) is 117 Å². The van der Waals surface area contributed by atoms with Crippen LogP contribution >= 0.6 is 11.6 Å². The van der Waals surface area contributed by atoms with Gasteiger partial charge in [-0.3, -0.25) is 10.1 Å². The highest BCUT2D eigenvalue weighted by Crippen LogP contribution is 2.29. The molecule has 1 aromatic carbocycles. The largest absolute Gasteiger partial charge is 0.442 e. The minimum absolute atomic E-state index is 0.0274. The van der Waals surface area contributed by atoms with E-state index in [1.165, 1.54) is 18.2 Å². The van der Waals surface area contributed by atoms with Crippen LogP contribution in [0.2, 0.25) is 5.02 Å². The number of hydrogen-bond donors (Lipinski definition) is 1. The van der Waals surface area contributed by atoms with E-state index in [4.69, 9.17) is 26.8 Å². The Kier molecular flexibility index (Phi) is 9.22. The summed E-state index contributed by atoms with van der Waals surface area (Å²) in [4.78, 5) is 24.9. The Morgan fingerprint density at radius 3 is 2.44 bits per heavy atom. The third kappa shape index (κ3) is 9.31. The lowest BCUT2D eigenvalue weighted by Crippen LogP contribution is -2.21. The van der Waals surface area contributed by atoms with E-state index in [9.17, 15) is 14.9 Å². The molecular weight excluding hydrogens is 350 g/mol. The van der Waals surface area contributed by atoms with Crippen LogP contribution < -0.4 is 10.5 Å². The van der Waals surface area contributed by atoms with Gasteiger partial charge in [-0.25, -0.2) is 4.79 Å². The Morgan fingerprint density at radius 2 is 1.96 bits per heavy atom. The first-order valence-corrected chi connectivity index (χ1v) is 7.81. The van der Waals surface area contributed by atoms with Gasteiger partial charge in [-0.2, -0.15) is 4.99 Å². The second-order valence-electron chi connectivity index (χ2n) is 5.30. The molecule has 0 aliphatic carbocycles. The second-order valence-corrected chi connectivity index (χ2v) is 5.71. The highest BCUT2D eigenvalue weighted by atomic mass is 35.5. The van der Waals surface area contributed by atoms with E-state index in [-0.39, 0.29) is 22.3 Å². The number of allylic oxidation sites excluding steroid dienone is 1. The Bertz CT molecular complexity index is 666. The van der Waals surface area contributed by atoms with Crippen LogP contribution in [0.4, 0.5) is 10.5 Å². The number of rotatable bonds is 4. The van der Waals surface area contributed by atoms with Crippen molar-refractivity contribution < 1.29 is 19.2 Å². The Labute approximate surface area is 151 Å². The molecule has 0 radical (unpaired) electrons. The number of aliphatic imine (C=N–C) groups is 1. The summed E-state index contributed by atoms with van der Waals surface area (Å²) >= 11 is 5.85. The van der Waals surface area contributed by atoms with Crippen molar-refractivity contribution in [3.8, 4) is 5.75 Å². The summed E-state index contributed by atoms with van der Waals surface area (Å²) < 4.78 is 10.2. The predicted octanol–water partition coefficient (Wildman–Crippen LogP) is 4.46. The van der Waals surface area contributed by atoms with E-state index in [1.807, 2.05) is 13.8 Å². The zero-order valence-corrected chi connectivity index (χ0v) is 15.5. The number of carbonyl (C=O) groups is 1. The maximum atomic E-state index is 11.3. The number of halogens is 1. The van der Waals surface area contributed by atoms with E-state index < -0.39 is 16.6 Å². The molecule has 9 heteroatoms. The van der Waals surface area contributed by atoms with Crippen molar-refractivity contribution in [1.29, 1.82) is 0 Å². The molecule has 0 saturated heterocycles. The number of non-ortho nitro benzene ring substituents is 1. The van der Waals surface area contributed by atoms with Gasteiger partial charge in [-0.05, 0) is 26.8 Å².